The molecular formula is C21H28O2. The first kappa shape index (κ1) is 17.4. The molecule has 2 rings (SSSR count). The van der Waals surface area contributed by atoms with Gasteiger partial charge < -0.3 is 10.2 Å². The van der Waals surface area contributed by atoms with Crippen molar-refractivity contribution in [3.63, 3.8) is 0 Å². The van der Waals surface area contributed by atoms with Crippen LogP contribution in [0.2, 0.25) is 0 Å². The summed E-state index contributed by atoms with van der Waals surface area (Å²) in [5.74, 6) is 0.767. The van der Waals surface area contributed by atoms with Crippen molar-refractivity contribution in [3.05, 3.63) is 46.5 Å². The first-order valence-electron chi connectivity index (χ1n) is 8.38. The number of phenolic OH excluding ortho intramolecular Hbond substituents is 2. The predicted molar refractivity (Wildman–Crippen MR) is 97.4 cm³/mol. The van der Waals surface area contributed by atoms with E-state index in [2.05, 4.69) is 26.8 Å². The van der Waals surface area contributed by atoms with Gasteiger partial charge in [0, 0.05) is 5.56 Å². The number of hydrogen-bond acceptors (Lipinski definition) is 2. The Morgan fingerprint density at radius 3 is 1.57 bits per heavy atom. The highest BCUT2D eigenvalue weighted by atomic mass is 16.3. The van der Waals surface area contributed by atoms with Crippen molar-refractivity contribution in [2.75, 3.05) is 0 Å². The van der Waals surface area contributed by atoms with E-state index in [0.29, 0.717) is 11.5 Å². The lowest BCUT2D eigenvalue weighted by Gasteiger charge is -2.29. The lowest BCUT2D eigenvalue weighted by atomic mass is 9.76. The van der Waals surface area contributed by atoms with Gasteiger partial charge in [-0.2, -0.15) is 0 Å². The van der Waals surface area contributed by atoms with Crippen LogP contribution < -0.4 is 0 Å². The molecule has 2 aromatic rings. The SMILES string of the molecule is CCC(C)(CC)c1cc(-c2cc(C)c(O)c(C)c2)cc(C)c1O. The summed E-state index contributed by atoms with van der Waals surface area (Å²) < 4.78 is 0. The molecule has 0 radical (unpaired) electrons. The summed E-state index contributed by atoms with van der Waals surface area (Å²) in [4.78, 5) is 0. The Bertz CT molecular complexity index is 702. The lowest BCUT2D eigenvalue weighted by Crippen LogP contribution is -2.20. The first-order valence-corrected chi connectivity index (χ1v) is 8.38. The van der Waals surface area contributed by atoms with Crippen LogP contribution in [0.15, 0.2) is 24.3 Å². The van der Waals surface area contributed by atoms with Crippen molar-refractivity contribution >= 4 is 0 Å². The topological polar surface area (TPSA) is 40.5 Å². The molecule has 0 bridgehead atoms. The molecule has 2 N–H and O–H groups in total. The summed E-state index contributed by atoms with van der Waals surface area (Å²) in [5, 5.41) is 20.6. The van der Waals surface area contributed by atoms with Crippen LogP contribution in [0.1, 0.15) is 55.9 Å². The van der Waals surface area contributed by atoms with Crippen LogP contribution in [0.4, 0.5) is 0 Å². The fraction of sp³-hybridized carbons (Fsp3) is 0.429. The monoisotopic (exact) mass is 312 g/mol. The van der Waals surface area contributed by atoms with Crippen LogP contribution >= 0.6 is 0 Å². The van der Waals surface area contributed by atoms with Crippen molar-refractivity contribution < 1.29 is 10.2 Å². The van der Waals surface area contributed by atoms with Crippen LogP contribution in [-0.2, 0) is 5.41 Å². The molecule has 0 atom stereocenters. The maximum Gasteiger partial charge on any atom is 0.122 e. The lowest BCUT2D eigenvalue weighted by molar-refractivity contribution is 0.396. The van der Waals surface area contributed by atoms with Gasteiger partial charge in [0.15, 0.2) is 0 Å². The molecule has 0 aliphatic heterocycles. The Hall–Kier alpha value is -1.96. The van der Waals surface area contributed by atoms with E-state index in [1.165, 1.54) is 0 Å². The summed E-state index contributed by atoms with van der Waals surface area (Å²) in [6.45, 7) is 12.3. The minimum absolute atomic E-state index is 0.0359. The van der Waals surface area contributed by atoms with E-state index in [-0.39, 0.29) is 5.41 Å². The molecule has 23 heavy (non-hydrogen) atoms. The van der Waals surface area contributed by atoms with Crippen molar-refractivity contribution in [1.82, 2.24) is 0 Å². The molecule has 2 heteroatoms. The van der Waals surface area contributed by atoms with Crippen molar-refractivity contribution in [2.24, 2.45) is 0 Å². The average molecular weight is 312 g/mol. The minimum atomic E-state index is -0.0359. The molecule has 124 valence electrons. The summed E-state index contributed by atoms with van der Waals surface area (Å²) in [6.07, 6.45) is 1.96. The molecule has 0 saturated carbocycles. The number of aromatic hydroxyl groups is 2. The van der Waals surface area contributed by atoms with E-state index in [4.69, 9.17) is 0 Å². The molecule has 0 amide bonds. The minimum Gasteiger partial charge on any atom is -0.507 e. The molecular weight excluding hydrogens is 284 g/mol. The molecule has 0 saturated heterocycles. The third kappa shape index (κ3) is 3.08. The Balaban J connectivity index is 2.69. The van der Waals surface area contributed by atoms with E-state index in [1.54, 1.807) is 0 Å². The van der Waals surface area contributed by atoms with E-state index in [1.807, 2.05) is 39.0 Å². The third-order valence-corrected chi connectivity index (χ3v) is 5.34. The first-order chi connectivity index (χ1) is 10.7. The maximum atomic E-state index is 10.6. The summed E-state index contributed by atoms with van der Waals surface area (Å²) in [7, 11) is 0. The highest BCUT2D eigenvalue weighted by molar-refractivity contribution is 5.70. The van der Waals surface area contributed by atoms with Crippen LogP contribution in [0.3, 0.4) is 0 Å². The van der Waals surface area contributed by atoms with E-state index < -0.39 is 0 Å². The highest BCUT2D eigenvalue weighted by Crippen LogP contribution is 2.41. The normalized spacial score (nSPS) is 11.7. The van der Waals surface area contributed by atoms with E-state index in [9.17, 15) is 10.2 Å². The zero-order valence-corrected chi connectivity index (χ0v) is 15.1. The highest BCUT2D eigenvalue weighted by Gasteiger charge is 2.27. The summed E-state index contributed by atoms with van der Waals surface area (Å²) >= 11 is 0. The van der Waals surface area contributed by atoms with Crippen molar-refractivity contribution in [2.45, 2.75) is 59.8 Å². The number of hydrogen-bond donors (Lipinski definition) is 2. The second-order valence-electron chi connectivity index (χ2n) is 6.92. The van der Waals surface area contributed by atoms with Crippen LogP contribution in [0.25, 0.3) is 11.1 Å². The molecule has 0 heterocycles. The van der Waals surface area contributed by atoms with E-state index in [0.717, 1.165) is 46.2 Å². The average Bonchev–Trinajstić information content (AvgIpc) is 2.53. The van der Waals surface area contributed by atoms with Crippen molar-refractivity contribution in [1.29, 1.82) is 0 Å². The summed E-state index contributed by atoms with van der Waals surface area (Å²) in [5.41, 5.74) is 5.80. The van der Waals surface area contributed by atoms with Gasteiger partial charge in [0.1, 0.15) is 11.5 Å². The van der Waals surface area contributed by atoms with Crippen LogP contribution in [-0.4, -0.2) is 10.2 Å². The maximum absolute atomic E-state index is 10.6. The Kier molecular flexibility index (Phi) is 4.74. The fourth-order valence-electron chi connectivity index (χ4n) is 3.16. The van der Waals surface area contributed by atoms with Gasteiger partial charge in [-0.1, -0.05) is 20.8 Å². The molecule has 0 unspecified atom stereocenters. The zero-order valence-electron chi connectivity index (χ0n) is 15.1. The molecule has 0 fully saturated rings. The van der Waals surface area contributed by atoms with Gasteiger partial charge in [-0.3, -0.25) is 0 Å². The standard InChI is InChI=1S/C21H28O2/c1-7-21(6,8-2)18-12-17(11-15(5)20(18)23)16-9-13(3)19(22)14(4)10-16/h9-12,22-23H,7-8H2,1-6H3. The second kappa shape index (κ2) is 6.27. The van der Waals surface area contributed by atoms with Gasteiger partial charge in [0.25, 0.3) is 0 Å². The predicted octanol–water partition coefficient (Wildman–Crippen LogP) is 5.77. The summed E-state index contributed by atoms with van der Waals surface area (Å²) in [6, 6.07) is 8.15. The smallest absolute Gasteiger partial charge is 0.122 e. The van der Waals surface area contributed by atoms with E-state index >= 15 is 0 Å². The third-order valence-electron chi connectivity index (χ3n) is 5.34. The molecule has 0 spiro atoms. The van der Waals surface area contributed by atoms with Gasteiger partial charge >= 0.3 is 0 Å². The molecule has 0 aliphatic carbocycles. The second-order valence-corrected chi connectivity index (χ2v) is 6.92. The van der Waals surface area contributed by atoms with Crippen LogP contribution in [0, 0.1) is 20.8 Å². The van der Waals surface area contributed by atoms with Crippen molar-refractivity contribution in [3.8, 4) is 22.6 Å². The Labute approximate surface area is 139 Å². The van der Waals surface area contributed by atoms with Gasteiger partial charge in [-0.25, -0.2) is 0 Å². The number of aryl methyl sites for hydroxylation is 3. The van der Waals surface area contributed by atoms with Gasteiger partial charge in [0.05, 0.1) is 0 Å². The largest absolute Gasteiger partial charge is 0.507 e. The molecule has 0 aromatic heterocycles. The van der Waals surface area contributed by atoms with Gasteiger partial charge in [-0.05, 0) is 91.1 Å². The molecule has 2 aromatic carbocycles. The molecule has 0 aliphatic rings. The number of rotatable bonds is 4. The zero-order chi connectivity index (χ0) is 17.4. The Morgan fingerprint density at radius 1 is 0.739 bits per heavy atom. The van der Waals surface area contributed by atoms with Gasteiger partial charge in [-0.15, -0.1) is 0 Å². The quantitative estimate of drug-likeness (QED) is 0.752. The molecule has 2 nitrogen and oxygen atoms in total. The number of phenols is 2. The number of benzene rings is 2. The van der Waals surface area contributed by atoms with Gasteiger partial charge in [0.2, 0.25) is 0 Å². The van der Waals surface area contributed by atoms with Crippen LogP contribution in [0.5, 0.6) is 11.5 Å². The fourth-order valence-corrected chi connectivity index (χ4v) is 3.16. The Morgan fingerprint density at radius 2 is 1.13 bits per heavy atom.